The van der Waals surface area contributed by atoms with Crippen LogP contribution in [0.2, 0.25) is 0 Å². The second-order valence-electron chi connectivity index (χ2n) is 10.2. The van der Waals surface area contributed by atoms with Crippen LogP contribution in [0, 0.1) is 11.8 Å². The van der Waals surface area contributed by atoms with Gasteiger partial charge in [-0.25, -0.2) is 4.68 Å². The van der Waals surface area contributed by atoms with Crippen LogP contribution in [0.15, 0.2) is 40.7 Å². The molecule has 3 saturated heterocycles. The fraction of sp³-hybridized carbons (Fsp3) is 0.577. The third kappa shape index (κ3) is 3.22. The first kappa shape index (κ1) is 20.2. The van der Waals surface area contributed by atoms with Crippen LogP contribution in [-0.2, 0) is 18.3 Å². The number of aromatic nitrogens is 2. The lowest BCUT2D eigenvalue weighted by atomic mass is 9.68. The van der Waals surface area contributed by atoms with Crippen molar-refractivity contribution in [3.63, 3.8) is 0 Å². The topological polar surface area (TPSA) is 58.4 Å². The van der Waals surface area contributed by atoms with E-state index in [2.05, 4.69) is 21.0 Å². The van der Waals surface area contributed by atoms with Crippen molar-refractivity contribution in [2.24, 2.45) is 18.9 Å². The normalized spacial score (nSPS) is 29.9. The number of nitrogens with zero attached hydrogens (tertiary/aromatic N) is 4. The summed E-state index contributed by atoms with van der Waals surface area (Å²) in [7, 11) is 1.67. The van der Waals surface area contributed by atoms with Gasteiger partial charge < -0.3 is 4.90 Å². The van der Waals surface area contributed by atoms with Gasteiger partial charge in [0, 0.05) is 31.6 Å². The smallest absolute Gasteiger partial charge is 0.274 e. The molecule has 3 aliphatic heterocycles. The molecule has 1 aliphatic carbocycles. The van der Waals surface area contributed by atoms with Crippen LogP contribution in [0.4, 0.5) is 0 Å². The lowest BCUT2D eigenvalue weighted by molar-refractivity contribution is -0.135. The van der Waals surface area contributed by atoms with Crippen LogP contribution in [0.25, 0.3) is 10.8 Å². The number of aryl methyl sites for hydroxylation is 1. The van der Waals surface area contributed by atoms with E-state index >= 15 is 0 Å². The molecular weight excluding hydrogens is 400 g/mol. The molecule has 1 amide bonds. The predicted octanol–water partition coefficient (Wildman–Crippen LogP) is 2.90. The molecule has 1 aromatic carbocycles. The van der Waals surface area contributed by atoms with Gasteiger partial charge in [0.15, 0.2) is 0 Å². The second kappa shape index (κ2) is 7.84. The average molecular weight is 433 g/mol. The third-order valence-corrected chi connectivity index (χ3v) is 8.33. The van der Waals surface area contributed by atoms with E-state index in [0.29, 0.717) is 22.9 Å². The van der Waals surface area contributed by atoms with E-state index in [1.807, 2.05) is 24.3 Å². The molecule has 4 atom stereocenters. The van der Waals surface area contributed by atoms with Gasteiger partial charge in [-0.15, -0.1) is 0 Å². The molecule has 6 rings (SSSR count). The number of hydrogen-bond acceptors (Lipinski definition) is 4. The Balaban J connectivity index is 1.31. The Bertz CT molecular complexity index is 1150. The van der Waals surface area contributed by atoms with Gasteiger partial charge in [0.2, 0.25) is 5.91 Å². The van der Waals surface area contributed by atoms with Gasteiger partial charge >= 0.3 is 0 Å². The van der Waals surface area contributed by atoms with E-state index in [4.69, 9.17) is 0 Å². The van der Waals surface area contributed by atoms with E-state index in [0.717, 1.165) is 37.4 Å². The Kier molecular flexibility index (Phi) is 4.94. The van der Waals surface area contributed by atoms with Gasteiger partial charge in [-0.2, -0.15) is 5.10 Å². The van der Waals surface area contributed by atoms with Crippen molar-refractivity contribution < 1.29 is 4.79 Å². The third-order valence-electron chi connectivity index (χ3n) is 8.33. The summed E-state index contributed by atoms with van der Waals surface area (Å²) in [6.45, 7) is 3.18. The van der Waals surface area contributed by atoms with E-state index in [1.54, 1.807) is 7.05 Å². The van der Waals surface area contributed by atoms with Crippen LogP contribution in [0.5, 0.6) is 0 Å². The highest BCUT2D eigenvalue weighted by Gasteiger charge is 2.46. The number of piperidine rings is 3. The zero-order valence-electron chi connectivity index (χ0n) is 18.9. The van der Waals surface area contributed by atoms with Crippen molar-refractivity contribution in [1.29, 1.82) is 0 Å². The van der Waals surface area contributed by atoms with Crippen molar-refractivity contribution in [3.05, 3.63) is 52.0 Å². The summed E-state index contributed by atoms with van der Waals surface area (Å²) in [4.78, 5) is 31.0. The molecular formula is C26H32N4O2. The minimum absolute atomic E-state index is 0.114. The molecule has 2 aromatic rings. The number of amides is 1. The molecule has 0 N–H and O–H groups in total. The van der Waals surface area contributed by atoms with Gasteiger partial charge in [-0.05, 0) is 56.6 Å². The Morgan fingerprint density at radius 1 is 1.12 bits per heavy atom. The van der Waals surface area contributed by atoms with Crippen LogP contribution in [0.3, 0.4) is 0 Å². The van der Waals surface area contributed by atoms with Crippen LogP contribution in [-0.4, -0.2) is 57.2 Å². The van der Waals surface area contributed by atoms with Crippen molar-refractivity contribution >= 4 is 16.7 Å². The Hall–Kier alpha value is -2.47. The lowest BCUT2D eigenvalue weighted by Crippen LogP contribution is -2.60. The molecule has 0 radical (unpaired) electrons. The van der Waals surface area contributed by atoms with E-state index in [-0.39, 0.29) is 23.9 Å². The predicted molar refractivity (Wildman–Crippen MR) is 124 cm³/mol. The number of carbonyl (C=O) groups is 1. The van der Waals surface area contributed by atoms with Gasteiger partial charge in [0.05, 0.1) is 23.5 Å². The maximum Gasteiger partial charge on any atom is 0.274 e. The van der Waals surface area contributed by atoms with Crippen LogP contribution in [0.1, 0.15) is 44.2 Å². The number of hydrogen-bond donors (Lipinski definition) is 0. The Morgan fingerprint density at radius 3 is 2.84 bits per heavy atom. The summed E-state index contributed by atoms with van der Waals surface area (Å²) < 4.78 is 1.37. The summed E-state index contributed by atoms with van der Waals surface area (Å²) in [5.41, 5.74) is 2.10. The molecule has 0 saturated carbocycles. The maximum absolute atomic E-state index is 13.7. The SMILES string of the molecule is Cn1nc(CC(=O)N2CCCC3=CC4CC(CN5CCCCC45)C32)c2ccccc2c1=O. The van der Waals surface area contributed by atoms with Crippen molar-refractivity contribution in [3.8, 4) is 0 Å². The second-order valence-corrected chi connectivity index (χ2v) is 10.2. The van der Waals surface area contributed by atoms with Crippen LogP contribution >= 0.6 is 0 Å². The van der Waals surface area contributed by atoms with Gasteiger partial charge in [-0.3, -0.25) is 14.5 Å². The zero-order valence-corrected chi connectivity index (χ0v) is 18.9. The monoisotopic (exact) mass is 432 g/mol. The highest BCUT2D eigenvalue weighted by atomic mass is 16.2. The molecule has 4 aliphatic rings. The molecule has 1 aromatic heterocycles. The van der Waals surface area contributed by atoms with Gasteiger partial charge in [-0.1, -0.05) is 36.3 Å². The molecule has 4 unspecified atom stereocenters. The molecule has 4 heterocycles. The fourth-order valence-corrected chi connectivity index (χ4v) is 7.00. The molecule has 0 spiro atoms. The quantitative estimate of drug-likeness (QED) is 0.685. The van der Waals surface area contributed by atoms with Crippen LogP contribution < -0.4 is 5.56 Å². The maximum atomic E-state index is 13.7. The van der Waals surface area contributed by atoms with E-state index in [9.17, 15) is 9.59 Å². The molecule has 3 fully saturated rings. The lowest BCUT2D eigenvalue weighted by Gasteiger charge is -2.54. The molecule has 2 bridgehead atoms. The fourth-order valence-electron chi connectivity index (χ4n) is 7.00. The first-order chi connectivity index (χ1) is 15.6. The minimum atomic E-state index is -0.114. The zero-order chi connectivity index (χ0) is 21.8. The van der Waals surface area contributed by atoms with Crippen molar-refractivity contribution in [2.75, 3.05) is 19.6 Å². The first-order valence-corrected chi connectivity index (χ1v) is 12.3. The number of benzene rings is 1. The summed E-state index contributed by atoms with van der Waals surface area (Å²) >= 11 is 0. The first-order valence-electron chi connectivity index (χ1n) is 12.3. The number of likely N-dealkylation sites (tertiary alicyclic amines) is 1. The minimum Gasteiger partial charge on any atom is -0.335 e. The number of carbonyl (C=O) groups excluding carboxylic acids is 1. The standard InChI is InChI=1S/C26H32N4O2/c1-28-26(32)21-9-3-2-8-20(21)22(27-28)15-24(31)30-12-6-7-17-13-18-14-19(25(17)30)16-29-11-5-4-10-23(18)29/h2-3,8-9,13,18-19,23,25H,4-7,10-12,14-16H2,1H3. The summed E-state index contributed by atoms with van der Waals surface area (Å²) in [6, 6.07) is 8.49. The summed E-state index contributed by atoms with van der Waals surface area (Å²) in [6.07, 6.45) is 10.2. The molecule has 168 valence electrons. The van der Waals surface area contributed by atoms with E-state index < -0.39 is 0 Å². The molecule has 6 heteroatoms. The summed E-state index contributed by atoms with van der Waals surface area (Å²) in [5.74, 6) is 1.36. The highest BCUT2D eigenvalue weighted by molar-refractivity contribution is 5.88. The molecule has 32 heavy (non-hydrogen) atoms. The number of rotatable bonds is 2. The largest absolute Gasteiger partial charge is 0.335 e. The highest BCUT2D eigenvalue weighted by Crippen LogP contribution is 2.45. The van der Waals surface area contributed by atoms with E-state index in [1.165, 1.54) is 42.5 Å². The Morgan fingerprint density at radius 2 is 1.97 bits per heavy atom. The Labute approximate surface area is 188 Å². The summed E-state index contributed by atoms with van der Waals surface area (Å²) in [5, 5.41) is 5.93. The number of fused-ring (bicyclic) bond motifs is 7. The molecule has 6 nitrogen and oxygen atoms in total. The van der Waals surface area contributed by atoms with Gasteiger partial charge in [0.1, 0.15) is 0 Å². The average Bonchev–Trinajstić information content (AvgIpc) is 2.82. The van der Waals surface area contributed by atoms with Crippen molar-refractivity contribution in [2.45, 2.75) is 57.0 Å². The van der Waals surface area contributed by atoms with Gasteiger partial charge in [0.25, 0.3) is 5.56 Å². The van der Waals surface area contributed by atoms with Crippen molar-refractivity contribution in [1.82, 2.24) is 19.6 Å².